The Kier molecular flexibility index (Phi) is 6.96. The molecule has 0 bridgehead atoms. The Morgan fingerprint density at radius 3 is 2.02 bits per heavy atom. The number of nitrogens with zero attached hydrogens (tertiary/aromatic N) is 1. The number of fused-ring (bicyclic) bond motifs is 9. The molecule has 8 aromatic carbocycles. The Labute approximate surface area is 312 Å². The summed E-state index contributed by atoms with van der Waals surface area (Å²) in [6, 6.07) is 63.9. The first-order valence-electron chi connectivity index (χ1n) is 18.2. The van der Waals surface area contributed by atoms with Crippen molar-refractivity contribution in [1.82, 2.24) is 0 Å². The highest BCUT2D eigenvalue weighted by Gasteiger charge is 2.35. The standard InChI is InChI=1S/C50H33NOS/c1-2-10-40-33(8-1)9-7-13-41(40)34-20-25-38(26-21-34)51(39-27-28-43-42-11-3-5-14-46(42)52-47(43)31-39)37-23-18-32(19-24-37)36-17-16-35-22-29-49-50(45(35)30-36)44-12-4-6-15-48(44)53-49/h1-31,49-50H. The molecular formula is C50H33NOS. The average molecular weight is 696 g/mol. The maximum Gasteiger partial charge on any atom is 0.137 e. The van der Waals surface area contributed by atoms with Gasteiger partial charge in [-0.1, -0.05) is 127 Å². The number of para-hydroxylation sites is 1. The van der Waals surface area contributed by atoms with Gasteiger partial charge in [0.05, 0.1) is 0 Å². The minimum atomic E-state index is 0.385. The summed E-state index contributed by atoms with van der Waals surface area (Å²) in [5.74, 6) is 0.385. The predicted molar refractivity (Wildman–Crippen MR) is 224 cm³/mol. The summed E-state index contributed by atoms with van der Waals surface area (Å²) in [6.45, 7) is 0. The maximum absolute atomic E-state index is 6.37. The number of benzene rings is 8. The van der Waals surface area contributed by atoms with Crippen LogP contribution in [0.3, 0.4) is 0 Å². The van der Waals surface area contributed by atoms with Gasteiger partial charge in [-0.25, -0.2) is 0 Å². The Hall–Kier alpha value is -6.29. The maximum atomic E-state index is 6.37. The van der Waals surface area contributed by atoms with E-state index in [1.165, 1.54) is 54.6 Å². The molecule has 1 aliphatic carbocycles. The number of rotatable bonds is 5. The minimum Gasteiger partial charge on any atom is -0.456 e. The van der Waals surface area contributed by atoms with E-state index in [1.807, 2.05) is 23.9 Å². The Balaban J connectivity index is 0.993. The molecule has 0 fully saturated rings. The second-order valence-corrected chi connectivity index (χ2v) is 15.3. The normalized spacial score (nSPS) is 15.8. The molecule has 1 aromatic heterocycles. The number of hydrogen-bond donors (Lipinski definition) is 0. The van der Waals surface area contributed by atoms with Crippen molar-refractivity contribution in [2.75, 3.05) is 4.90 Å². The number of anilines is 3. The van der Waals surface area contributed by atoms with Crippen LogP contribution in [-0.4, -0.2) is 5.25 Å². The van der Waals surface area contributed by atoms with E-state index in [4.69, 9.17) is 4.42 Å². The van der Waals surface area contributed by atoms with Gasteiger partial charge in [-0.15, -0.1) is 11.8 Å². The molecule has 250 valence electrons. The van der Waals surface area contributed by atoms with E-state index in [-0.39, 0.29) is 0 Å². The molecule has 2 heterocycles. The first-order chi connectivity index (χ1) is 26.2. The van der Waals surface area contributed by atoms with Crippen LogP contribution in [-0.2, 0) is 0 Å². The van der Waals surface area contributed by atoms with Crippen LogP contribution in [0.1, 0.15) is 22.6 Å². The molecule has 0 amide bonds. The SMILES string of the molecule is C1=CC2Sc3ccccc3C2c2cc(-c3ccc(N(c4ccc(-c5cccc6ccccc56)cc4)c4ccc5c(c4)oc4ccccc45)cc3)ccc21. The Bertz CT molecular complexity index is 2880. The van der Waals surface area contributed by atoms with Crippen molar-refractivity contribution in [3.63, 3.8) is 0 Å². The van der Waals surface area contributed by atoms with Crippen LogP contribution in [0.15, 0.2) is 191 Å². The van der Waals surface area contributed by atoms with Gasteiger partial charge in [0.15, 0.2) is 0 Å². The van der Waals surface area contributed by atoms with Crippen LogP contribution in [0.4, 0.5) is 17.1 Å². The van der Waals surface area contributed by atoms with Gasteiger partial charge in [0.25, 0.3) is 0 Å². The average Bonchev–Trinajstić information content (AvgIpc) is 3.79. The third-order valence-corrected chi connectivity index (χ3v) is 12.4. The second kappa shape index (κ2) is 12.2. The van der Waals surface area contributed by atoms with Crippen molar-refractivity contribution in [2.24, 2.45) is 0 Å². The van der Waals surface area contributed by atoms with Gasteiger partial charge in [-0.05, 0) is 104 Å². The number of hydrogen-bond acceptors (Lipinski definition) is 3. The van der Waals surface area contributed by atoms with Crippen molar-refractivity contribution in [1.29, 1.82) is 0 Å². The molecule has 2 aliphatic rings. The van der Waals surface area contributed by atoms with Crippen LogP contribution in [0.5, 0.6) is 0 Å². The second-order valence-electron chi connectivity index (χ2n) is 14.0. The van der Waals surface area contributed by atoms with Crippen LogP contribution >= 0.6 is 11.8 Å². The largest absolute Gasteiger partial charge is 0.456 e. The predicted octanol–water partition coefficient (Wildman–Crippen LogP) is 14.2. The van der Waals surface area contributed by atoms with Gasteiger partial charge in [0.2, 0.25) is 0 Å². The highest BCUT2D eigenvalue weighted by molar-refractivity contribution is 8.00. The van der Waals surface area contributed by atoms with Gasteiger partial charge in [-0.2, -0.15) is 0 Å². The monoisotopic (exact) mass is 695 g/mol. The van der Waals surface area contributed by atoms with E-state index in [1.54, 1.807) is 0 Å². The topological polar surface area (TPSA) is 16.4 Å². The molecule has 0 N–H and O–H groups in total. The van der Waals surface area contributed by atoms with Gasteiger partial charge < -0.3 is 9.32 Å². The summed E-state index contributed by atoms with van der Waals surface area (Å²) in [5.41, 5.74) is 14.1. The first kappa shape index (κ1) is 30.3. The fraction of sp³-hybridized carbons (Fsp3) is 0.0400. The van der Waals surface area contributed by atoms with Gasteiger partial charge in [0.1, 0.15) is 11.2 Å². The molecule has 1 aliphatic heterocycles. The zero-order valence-electron chi connectivity index (χ0n) is 28.8. The van der Waals surface area contributed by atoms with Gasteiger partial charge in [0, 0.05) is 50.0 Å². The Morgan fingerprint density at radius 1 is 0.472 bits per heavy atom. The van der Waals surface area contributed by atoms with Crippen molar-refractivity contribution < 1.29 is 4.42 Å². The number of furan rings is 1. The van der Waals surface area contributed by atoms with E-state index < -0.39 is 0 Å². The molecule has 2 nitrogen and oxygen atoms in total. The molecule has 9 aromatic rings. The highest BCUT2D eigenvalue weighted by atomic mass is 32.2. The van der Waals surface area contributed by atoms with Crippen molar-refractivity contribution >= 4 is 67.6 Å². The lowest BCUT2D eigenvalue weighted by atomic mass is 9.81. The summed E-state index contributed by atoms with van der Waals surface area (Å²) >= 11 is 1.99. The van der Waals surface area contributed by atoms with Crippen molar-refractivity contribution in [3.05, 3.63) is 199 Å². The smallest absolute Gasteiger partial charge is 0.137 e. The quantitative estimate of drug-likeness (QED) is 0.178. The molecule has 0 saturated carbocycles. The molecular weight excluding hydrogens is 663 g/mol. The summed E-state index contributed by atoms with van der Waals surface area (Å²) in [5, 5.41) is 5.21. The molecule has 53 heavy (non-hydrogen) atoms. The van der Waals surface area contributed by atoms with E-state index in [0.29, 0.717) is 11.2 Å². The zero-order chi connectivity index (χ0) is 34.9. The minimum absolute atomic E-state index is 0.385. The van der Waals surface area contributed by atoms with Crippen LogP contribution in [0.2, 0.25) is 0 Å². The summed E-state index contributed by atoms with van der Waals surface area (Å²) < 4.78 is 6.37. The van der Waals surface area contributed by atoms with E-state index >= 15 is 0 Å². The molecule has 0 radical (unpaired) electrons. The lowest BCUT2D eigenvalue weighted by molar-refractivity contribution is 0.669. The summed E-state index contributed by atoms with van der Waals surface area (Å²) in [7, 11) is 0. The fourth-order valence-corrected chi connectivity index (χ4v) is 9.84. The van der Waals surface area contributed by atoms with Crippen LogP contribution in [0, 0.1) is 0 Å². The fourth-order valence-electron chi connectivity index (χ4n) is 8.48. The van der Waals surface area contributed by atoms with Crippen LogP contribution in [0.25, 0.3) is 61.0 Å². The molecule has 2 unspecified atom stereocenters. The van der Waals surface area contributed by atoms with Gasteiger partial charge >= 0.3 is 0 Å². The third-order valence-electron chi connectivity index (χ3n) is 11.0. The zero-order valence-corrected chi connectivity index (χ0v) is 29.6. The third kappa shape index (κ3) is 5.03. The molecule has 0 saturated heterocycles. The first-order valence-corrected chi connectivity index (χ1v) is 19.1. The van der Waals surface area contributed by atoms with Gasteiger partial charge in [-0.3, -0.25) is 0 Å². The highest BCUT2D eigenvalue weighted by Crippen LogP contribution is 2.52. The van der Waals surface area contributed by atoms with Crippen molar-refractivity contribution in [2.45, 2.75) is 16.1 Å². The molecule has 3 heteroatoms. The van der Waals surface area contributed by atoms with E-state index in [0.717, 1.165) is 39.0 Å². The molecule has 2 atom stereocenters. The molecule has 11 rings (SSSR count). The molecule has 0 spiro atoms. The number of thioether (sulfide) groups is 1. The van der Waals surface area contributed by atoms with E-state index in [2.05, 4.69) is 181 Å². The van der Waals surface area contributed by atoms with E-state index in [9.17, 15) is 0 Å². The lowest BCUT2D eigenvalue weighted by Gasteiger charge is -2.26. The van der Waals surface area contributed by atoms with Crippen LogP contribution < -0.4 is 4.90 Å². The van der Waals surface area contributed by atoms with Crippen molar-refractivity contribution in [3.8, 4) is 22.3 Å². The Morgan fingerprint density at radius 2 is 1.15 bits per heavy atom. The lowest BCUT2D eigenvalue weighted by Crippen LogP contribution is -2.14. The summed E-state index contributed by atoms with van der Waals surface area (Å²) in [4.78, 5) is 3.74. The summed E-state index contributed by atoms with van der Waals surface area (Å²) in [6.07, 6.45) is 4.70.